The highest BCUT2D eigenvalue weighted by Crippen LogP contribution is 2.10. The van der Waals surface area contributed by atoms with E-state index in [-0.39, 0.29) is 24.1 Å². The molecule has 1 atom stereocenters. The Morgan fingerprint density at radius 1 is 1.58 bits per heavy atom. The van der Waals surface area contributed by atoms with Crippen LogP contribution in [0.3, 0.4) is 0 Å². The van der Waals surface area contributed by atoms with Crippen LogP contribution >= 0.6 is 0 Å². The van der Waals surface area contributed by atoms with Crippen molar-refractivity contribution in [3.05, 3.63) is 27.9 Å². The third-order valence-corrected chi connectivity index (χ3v) is 3.38. The summed E-state index contributed by atoms with van der Waals surface area (Å²) in [6.45, 7) is 4.76. The van der Waals surface area contributed by atoms with E-state index in [9.17, 15) is 9.59 Å². The van der Waals surface area contributed by atoms with Crippen molar-refractivity contribution in [3.63, 3.8) is 0 Å². The molecular weight excluding hydrogens is 246 g/mol. The van der Waals surface area contributed by atoms with E-state index in [4.69, 9.17) is 4.74 Å². The number of ether oxygens (including phenoxy) is 1. The van der Waals surface area contributed by atoms with Crippen LogP contribution in [0, 0.1) is 13.8 Å². The van der Waals surface area contributed by atoms with E-state index in [1.54, 1.807) is 13.8 Å². The number of rotatable bonds is 4. The number of aromatic nitrogens is 2. The van der Waals surface area contributed by atoms with E-state index in [0.717, 1.165) is 19.4 Å². The molecule has 6 nitrogen and oxygen atoms in total. The van der Waals surface area contributed by atoms with Crippen molar-refractivity contribution in [2.45, 2.75) is 39.3 Å². The summed E-state index contributed by atoms with van der Waals surface area (Å²) in [5.74, 6) is -0.192. The third-order valence-electron chi connectivity index (χ3n) is 3.38. The first-order chi connectivity index (χ1) is 9.08. The van der Waals surface area contributed by atoms with Gasteiger partial charge in [-0.2, -0.15) is 0 Å². The minimum atomic E-state index is -0.192. The first-order valence-electron chi connectivity index (χ1n) is 6.49. The van der Waals surface area contributed by atoms with Crippen LogP contribution in [0.15, 0.2) is 11.1 Å². The van der Waals surface area contributed by atoms with Gasteiger partial charge in [0.25, 0.3) is 5.56 Å². The summed E-state index contributed by atoms with van der Waals surface area (Å²) in [7, 11) is 0. The van der Waals surface area contributed by atoms with Crippen molar-refractivity contribution in [1.82, 2.24) is 14.9 Å². The van der Waals surface area contributed by atoms with E-state index >= 15 is 0 Å². The maximum atomic E-state index is 11.9. The zero-order valence-corrected chi connectivity index (χ0v) is 11.3. The second-order valence-corrected chi connectivity index (χ2v) is 4.83. The summed E-state index contributed by atoms with van der Waals surface area (Å²) in [5.41, 5.74) is 1.11. The Morgan fingerprint density at radius 2 is 2.37 bits per heavy atom. The van der Waals surface area contributed by atoms with Crippen LogP contribution < -0.4 is 10.9 Å². The maximum Gasteiger partial charge on any atom is 0.256 e. The Morgan fingerprint density at radius 3 is 3.05 bits per heavy atom. The highest BCUT2D eigenvalue weighted by molar-refractivity contribution is 5.75. The van der Waals surface area contributed by atoms with Crippen molar-refractivity contribution in [2.75, 3.05) is 13.2 Å². The van der Waals surface area contributed by atoms with Gasteiger partial charge < -0.3 is 10.1 Å². The quantitative estimate of drug-likeness (QED) is 0.841. The topological polar surface area (TPSA) is 73.2 Å². The van der Waals surface area contributed by atoms with Gasteiger partial charge in [-0.3, -0.25) is 14.2 Å². The first kappa shape index (κ1) is 13.7. The Balaban J connectivity index is 1.91. The molecule has 1 N–H and O–H groups in total. The molecule has 1 fully saturated rings. The van der Waals surface area contributed by atoms with Crippen molar-refractivity contribution < 1.29 is 9.53 Å². The van der Waals surface area contributed by atoms with Crippen molar-refractivity contribution in [1.29, 1.82) is 0 Å². The highest BCUT2D eigenvalue weighted by atomic mass is 16.5. The van der Waals surface area contributed by atoms with E-state index < -0.39 is 0 Å². The average molecular weight is 265 g/mol. The molecule has 0 spiro atoms. The first-order valence-corrected chi connectivity index (χ1v) is 6.49. The Hall–Kier alpha value is -1.69. The van der Waals surface area contributed by atoms with Gasteiger partial charge in [-0.05, 0) is 26.7 Å². The van der Waals surface area contributed by atoms with Crippen LogP contribution in [-0.4, -0.2) is 34.7 Å². The number of hydrogen-bond acceptors (Lipinski definition) is 4. The fourth-order valence-corrected chi connectivity index (χ4v) is 2.03. The molecule has 0 aliphatic carbocycles. The summed E-state index contributed by atoms with van der Waals surface area (Å²) >= 11 is 0. The molecule has 1 aromatic rings. The summed E-state index contributed by atoms with van der Waals surface area (Å²) in [4.78, 5) is 27.8. The summed E-state index contributed by atoms with van der Waals surface area (Å²) in [6.07, 6.45) is 3.54. The zero-order valence-electron chi connectivity index (χ0n) is 11.3. The van der Waals surface area contributed by atoms with Gasteiger partial charge >= 0.3 is 0 Å². The molecule has 1 unspecified atom stereocenters. The molecule has 0 saturated carbocycles. The predicted octanol–water partition coefficient (Wildman–Crippen LogP) is 0.155. The van der Waals surface area contributed by atoms with Gasteiger partial charge in [-0.25, -0.2) is 4.98 Å². The largest absolute Gasteiger partial charge is 0.376 e. The molecule has 104 valence electrons. The smallest absolute Gasteiger partial charge is 0.256 e. The Labute approximate surface area is 111 Å². The molecule has 6 heteroatoms. The normalized spacial score (nSPS) is 18.5. The number of carbonyl (C=O) groups excluding carboxylic acids is 1. The molecule has 2 heterocycles. The number of nitrogens with one attached hydrogen (secondary N) is 1. The van der Waals surface area contributed by atoms with E-state index in [0.29, 0.717) is 17.8 Å². The van der Waals surface area contributed by atoms with Crippen molar-refractivity contribution in [2.24, 2.45) is 0 Å². The molecule has 0 aromatic carbocycles. The lowest BCUT2D eigenvalue weighted by atomic mass is 10.2. The zero-order chi connectivity index (χ0) is 13.8. The molecule has 0 bridgehead atoms. The van der Waals surface area contributed by atoms with Crippen LogP contribution in [0.1, 0.15) is 24.1 Å². The van der Waals surface area contributed by atoms with E-state index in [1.165, 1.54) is 10.9 Å². The molecule has 0 radical (unpaired) electrons. The van der Waals surface area contributed by atoms with E-state index in [1.807, 2.05) is 0 Å². The number of nitrogens with zero attached hydrogens (tertiary/aromatic N) is 2. The summed E-state index contributed by atoms with van der Waals surface area (Å²) in [5, 5.41) is 2.78. The second kappa shape index (κ2) is 5.97. The lowest BCUT2D eigenvalue weighted by Crippen LogP contribution is -2.37. The summed E-state index contributed by atoms with van der Waals surface area (Å²) < 4.78 is 6.74. The van der Waals surface area contributed by atoms with Crippen LogP contribution in [0.2, 0.25) is 0 Å². The lowest BCUT2D eigenvalue weighted by Gasteiger charge is -2.12. The van der Waals surface area contributed by atoms with Crippen molar-refractivity contribution in [3.8, 4) is 0 Å². The minimum Gasteiger partial charge on any atom is -0.376 e. The molecule has 19 heavy (non-hydrogen) atoms. The number of hydrogen-bond donors (Lipinski definition) is 1. The molecule has 1 aliphatic heterocycles. The molecule has 1 aromatic heterocycles. The molecule has 2 rings (SSSR count). The van der Waals surface area contributed by atoms with Crippen LogP contribution in [0.25, 0.3) is 0 Å². The van der Waals surface area contributed by atoms with E-state index in [2.05, 4.69) is 10.3 Å². The fraction of sp³-hybridized carbons (Fsp3) is 0.615. The Kier molecular flexibility index (Phi) is 4.31. The lowest BCUT2D eigenvalue weighted by molar-refractivity contribution is -0.122. The standard InChI is InChI=1S/C13H19N3O3/c1-9-10(2)15-8-16(13(9)18)7-12(17)14-6-11-4-3-5-19-11/h8,11H,3-7H2,1-2H3,(H,14,17). The molecule has 1 saturated heterocycles. The van der Waals surface area contributed by atoms with Gasteiger partial charge in [0, 0.05) is 24.4 Å². The Bertz CT molecular complexity index is 518. The molecular formula is C13H19N3O3. The molecule has 1 aliphatic rings. The van der Waals surface area contributed by atoms with Crippen molar-refractivity contribution >= 4 is 5.91 Å². The van der Waals surface area contributed by atoms with Crippen LogP contribution in [0.4, 0.5) is 0 Å². The van der Waals surface area contributed by atoms with Gasteiger partial charge in [0.05, 0.1) is 12.4 Å². The predicted molar refractivity (Wildman–Crippen MR) is 70.0 cm³/mol. The number of aryl methyl sites for hydroxylation is 1. The minimum absolute atomic E-state index is 0.000324. The van der Waals surface area contributed by atoms with Gasteiger partial charge in [0.2, 0.25) is 5.91 Å². The maximum absolute atomic E-state index is 11.9. The second-order valence-electron chi connectivity index (χ2n) is 4.83. The van der Waals surface area contributed by atoms with Gasteiger partial charge in [0.1, 0.15) is 6.54 Å². The van der Waals surface area contributed by atoms with Crippen LogP contribution in [0.5, 0.6) is 0 Å². The molecule has 1 amide bonds. The third kappa shape index (κ3) is 3.41. The van der Waals surface area contributed by atoms with Crippen LogP contribution in [-0.2, 0) is 16.1 Å². The highest BCUT2D eigenvalue weighted by Gasteiger charge is 2.16. The number of amides is 1. The summed E-state index contributed by atoms with van der Waals surface area (Å²) in [6, 6.07) is 0. The van der Waals surface area contributed by atoms with Gasteiger partial charge in [-0.1, -0.05) is 0 Å². The van der Waals surface area contributed by atoms with Gasteiger partial charge in [0.15, 0.2) is 0 Å². The average Bonchev–Trinajstić information content (AvgIpc) is 2.90. The SMILES string of the molecule is Cc1ncn(CC(=O)NCC2CCCO2)c(=O)c1C. The monoisotopic (exact) mass is 265 g/mol. The fourth-order valence-electron chi connectivity index (χ4n) is 2.03. The van der Waals surface area contributed by atoms with Gasteiger partial charge in [-0.15, -0.1) is 0 Å². The number of carbonyl (C=O) groups is 1.